The lowest BCUT2D eigenvalue weighted by Gasteiger charge is -2.36. The van der Waals surface area contributed by atoms with Crippen molar-refractivity contribution in [3.63, 3.8) is 0 Å². The van der Waals surface area contributed by atoms with Crippen molar-refractivity contribution in [2.45, 2.75) is 18.9 Å². The van der Waals surface area contributed by atoms with Crippen LogP contribution in [0.3, 0.4) is 0 Å². The van der Waals surface area contributed by atoms with Crippen LogP contribution in [0.25, 0.3) is 22.3 Å². The number of ether oxygens (including phenoxy) is 1. The highest BCUT2D eigenvalue weighted by atomic mass is 16.5. The van der Waals surface area contributed by atoms with Crippen LogP contribution in [0.5, 0.6) is 0 Å². The van der Waals surface area contributed by atoms with Crippen LogP contribution in [0.2, 0.25) is 0 Å². The summed E-state index contributed by atoms with van der Waals surface area (Å²) in [5, 5.41) is 15.5. The number of piperazine rings is 1. The summed E-state index contributed by atoms with van der Waals surface area (Å²) >= 11 is 0. The Kier molecular flexibility index (Phi) is 7.50. The number of anilines is 2. The number of rotatable bonds is 7. The summed E-state index contributed by atoms with van der Waals surface area (Å²) in [5.74, 6) is 0.763. The molecule has 10 nitrogen and oxygen atoms in total. The number of nitrogens with zero attached hydrogens (tertiary/aromatic N) is 6. The van der Waals surface area contributed by atoms with Crippen molar-refractivity contribution in [2.75, 3.05) is 62.6 Å². The highest BCUT2D eigenvalue weighted by Crippen LogP contribution is 2.27. The zero-order valence-corrected chi connectivity index (χ0v) is 20.2. The fraction of sp³-hybridized carbons (Fsp3) is 0.423. The molecule has 1 unspecified atom stereocenters. The van der Waals surface area contributed by atoms with Crippen LogP contribution in [-0.4, -0.2) is 84.3 Å². The molecule has 5 rings (SSSR count). The molecule has 3 aromatic rings. The molecule has 2 aromatic heterocycles. The third-order valence-electron chi connectivity index (χ3n) is 6.57. The number of morpholine rings is 1. The van der Waals surface area contributed by atoms with E-state index >= 15 is 0 Å². The van der Waals surface area contributed by atoms with E-state index in [1.165, 1.54) is 0 Å². The van der Waals surface area contributed by atoms with E-state index in [0.717, 1.165) is 54.2 Å². The molecule has 36 heavy (non-hydrogen) atoms. The maximum absolute atomic E-state index is 12.2. The molecule has 2 aliphatic rings. The van der Waals surface area contributed by atoms with Crippen molar-refractivity contribution in [3.8, 4) is 17.3 Å². The van der Waals surface area contributed by atoms with Crippen LogP contribution in [0.4, 0.5) is 11.5 Å². The largest absolute Gasteiger partial charge is 0.374 e. The van der Waals surface area contributed by atoms with Gasteiger partial charge in [-0.2, -0.15) is 5.26 Å². The average Bonchev–Trinajstić information content (AvgIpc) is 2.95. The summed E-state index contributed by atoms with van der Waals surface area (Å²) in [5.41, 5.74) is 4.46. The Morgan fingerprint density at radius 3 is 2.72 bits per heavy atom. The Labute approximate surface area is 210 Å². The van der Waals surface area contributed by atoms with Gasteiger partial charge in [0, 0.05) is 82.3 Å². The van der Waals surface area contributed by atoms with E-state index in [0.29, 0.717) is 38.5 Å². The lowest BCUT2D eigenvalue weighted by molar-refractivity contribution is -0.131. The number of pyridine rings is 1. The Hall–Kier alpha value is -3.81. The van der Waals surface area contributed by atoms with E-state index in [1.54, 1.807) is 12.4 Å². The third kappa shape index (κ3) is 5.53. The molecular formula is C26H30N8O2. The van der Waals surface area contributed by atoms with Gasteiger partial charge in [-0.3, -0.25) is 9.78 Å². The lowest BCUT2D eigenvalue weighted by atomic mass is 10.1. The molecule has 2 fully saturated rings. The van der Waals surface area contributed by atoms with Crippen LogP contribution in [0, 0.1) is 11.3 Å². The molecule has 1 atom stereocenters. The first-order chi connectivity index (χ1) is 17.7. The van der Waals surface area contributed by atoms with Gasteiger partial charge < -0.3 is 25.2 Å². The summed E-state index contributed by atoms with van der Waals surface area (Å²) in [7, 11) is 0. The van der Waals surface area contributed by atoms with Gasteiger partial charge in [0.2, 0.25) is 5.91 Å². The standard InChI is InChI=1S/C26H30N8O2/c27-7-1-2-24(35)34-13-11-33(12-14-34)20-5-3-19(4-6-20)22-16-23-25(30-9-8-29-23)26(32-22)31-18-21-17-28-10-15-36-21/h3-6,8-9,16,21,28H,1-2,10-15,17-18H2,(H,31,32). The van der Waals surface area contributed by atoms with Crippen molar-refractivity contribution >= 4 is 28.4 Å². The second-order valence-corrected chi connectivity index (χ2v) is 8.93. The van der Waals surface area contributed by atoms with E-state index in [1.807, 2.05) is 17.0 Å². The first-order valence-electron chi connectivity index (χ1n) is 12.4. The number of hydrogen-bond donors (Lipinski definition) is 2. The Bertz CT molecular complexity index is 1230. The van der Waals surface area contributed by atoms with E-state index in [-0.39, 0.29) is 18.4 Å². The van der Waals surface area contributed by atoms with E-state index in [2.05, 4.69) is 49.8 Å². The van der Waals surface area contributed by atoms with Crippen LogP contribution in [0.1, 0.15) is 12.8 Å². The monoisotopic (exact) mass is 486 g/mol. The molecular weight excluding hydrogens is 456 g/mol. The maximum Gasteiger partial charge on any atom is 0.223 e. The van der Waals surface area contributed by atoms with Gasteiger partial charge in [0.1, 0.15) is 5.52 Å². The van der Waals surface area contributed by atoms with Crippen LogP contribution in [-0.2, 0) is 9.53 Å². The summed E-state index contributed by atoms with van der Waals surface area (Å²) in [4.78, 5) is 30.2. The van der Waals surface area contributed by atoms with Gasteiger partial charge in [0.25, 0.3) is 0 Å². The number of benzene rings is 1. The van der Waals surface area contributed by atoms with Gasteiger partial charge in [-0.15, -0.1) is 0 Å². The summed E-state index contributed by atoms with van der Waals surface area (Å²) in [6, 6.07) is 12.3. The number of fused-ring (bicyclic) bond motifs is 1. The Balaban J connectivity index is 1.28. The molecule has 2 aliphatic heterocycles. The molecule has 10 heteroatoms. The lowest BCUT2D eigenvalue weighted by Crippen LogP contribution is -2.48. The normalized spacial score (nSPS) is 18.1. The predicted molar refractivity (Wildman–Crippen MR) is 138 cm³/mol. The van der Waals surface area contributed by atoms with Crippen LogP contribution < -0.4 is 15.5 Å². The van der Waals surface area contributed by atoms with E-state index in [4.69, 9.17) is 15.0 Å². The molecule has 2 N–H and O–H groups in total. The van der Waals surface area contributed by atoms with Gasteiger partial charge in [0.15, 0.2) is 5.82 Å². The average molecular weight is 487 g/mol. The second kappa shape index (κ2) is 11.3. The number of nitrogens with one attached hydrogen (secondary N) is 2. The zero-order valence-electron chi connectivity index (χ0n) is 20.2. The van der Waals surface area contributed by atoms with Gasteiger partial charge in [-0.25, -0.2) is 9.97 Å². The smallest absolute Gasteiger partial charge is 0.223 e. The Morgan fingerprint density at radius 1 is 1.17 bits per heavy atom. The minimum absolute atomic E-state index is 0.0627. The highest BCUT2D eigenvalue weighted by Gasteiger charge is 2.21. The number of carbonyl (C=O) groups excluding carboxylic acids is 1. The van der Waals surface area contributed by atoms with Crippen molar-refractivity contribution in [3.05, 3.63) is 42.7 Å². The predicted octanol–water partition coefficient (Wildman–Crippen LogP) is 2.04. The summed E-state index contributed by atoms with van der Waals surface area (Å²) < 4.78 is 5.81. The molecule has 186 valence electrons. The quantitative estimate of drug-likeness (QED) is 0.517. The molecule has 0 spiro atoms. The summed E-state index contributed by atoms with van der Waals surface area (Å²) in [6.45, 7) is 5.92. The fourth-order valence-corrected chi connectivity index (χ4v) is 4.58. The molecule has 0 saturated carbocycles. The van der Waals surface area contributed by atoms with Crippen LogP contribution >= 0.6 is 0 Å². The number of nitriles is 1. The van der Waals surface area contributed by atoms with Gasteiger partial charge in [-0.05, 0) is 18.2 Å². The van der Waals surface area contributed by atoms with Gasteiger partial charge in [-0.1, -0.05) is 12.1 Å². The zero-order chi connectivity index (χ0) is 24.7. The fourth-order valence-electron chi connectivity index (χ4n) is 4.58. The van der Waals surface area contributed by atoms with Crippen molar-refractivity contribution < 1.29 is 9.53 Å². The molecule has 4 heterocycles. The number of carbonyl (C=O) groups is 1. The minimum atomic E-state index is 0.0627. The number of aromatic nitrogens is 3. The highest BCUT2D eigenvalue weighted by molar-refractivity contribution is 5.88. The first kappa shape index (κ1) is 23.9. The first-order valence-corrected chi connectivity index (χ1v) is 12.4. The third-order valence-corrected chi connectivity index (χ3v) is 6.57. The molecule has 1 aromatic carbocycles. The van der Waals surface area contributed by atoms with E-state index in [9.17, 15) is 4.79 Å². The van der Waals surface area contributed by atoms with Crippen LogP contribution in [0.15, 0.2) is 42.7 Å². The maximum atomic E-state index is 12.2. The summed E-state index contributed by atoms with van der Waals surface area (Å²) in [6.07, 6.45) is 4.03. The molecule has 0 radical (unpaired) electrons. The molecule has 0 bridgehead atoms. The Morgan fingerprint density at radius 2 is 1.97 bits per heavy atom. The van der Waals surface area contributed by atoms with Crippen molar-refractivity contribution in [1.82, 2.24) is 25.2 Å². The van der Waals surface area contributed by atoms with Gasteiger partial charge >= 0.3 is 0 Å². The molecule has 0 aliphatic carbocycles. The second-order valence-electron chi connectivity index (χ2n) is 8.93. The minimum Gasteiger partial charge on any atom is -0.374 e. The van der Waals surface area contributed by atoms with Gasteiger partial charge in [0.05, 0.1) is 30.0 Å². The number of amides is 1. The SMILES string of the molecule is N#CCCC(=O)N1CCN(c2ccc(-c3cc4nccnc4c(NCC4CNCCO4)n3)cc2)CC1. The number of hydrogen-bond acceptors (Lipinski definition) is 9. The van der Waals surface area contributed by atoms with E-state index < -0.39 is 0 Å². The molecule has 1 amide bonds. The van der Waals surface area contributed by atoms with Crippen molar-refractivity contribution in [1.29, 1.82) is 5.26 Å². The topological polar surface area (TPSA) is 119 Å². The molecule has 2 saturated heterocycles. The van der Waals surface area contributed by atoms with Crippen molar-refractivity contribution in [2.24, 2.45) is 0 Å².